The van der Waals surface area contributed by atoms with Gasteiger partial charge in [0.2, 0.25) is 11.1 Å². The smallest absolute Gasteiger partial charge is 0.230 e. The van der Waals surface area contributed by atoms with E-state index in [0.29, 0.717) is 35.3 Å². The Balaban J connectivity index is 1.32. The van der Waals surface area contributed by atoms with Gasteiger partial charge in [-0.2, -0.15) is 9.61 Å². The van der Waals surface area contributed by atoms with Crippen LogP contribution in [-0.4, -0.2) is 52.2 Å². The van der Waals surface area contributed by atoms with Gasteiger partial charge in [-0.15, -0.1) is 21.5 Å². The van der Waals surface area contributed by atoms with Crippen LogP contribution in [0.25, 0.3) is 16.2 Å². The van der Waals surface area contributed by atoms with E-state index in [0.717, 1.165) is 16.1 Å². The van der Waals surface area contributed by atoms with Crippen molar-refractivity contribution in [2.75, 3.05) is 26.5 Å². The maximum Gasteiger partial charge on any atom is 0.230 e. The number of ether oxygens (including phenoxy) is 2. The van der Waals surface area contributed by atoms with Crippen LogP contribution < -0.4 is 14.8 Å². The van der Waals surface area contributed by atoms with Crippen molar-refractivity contribution in [2.45, 2.75) is 11.6 Å². The van der Waals surface area contributed by atoms with Crippen LogP contribution in [0.2, 0.25) is 0 Å². The molecule has 8 nitrogen and oxygen atoms in total. The van der Waals surface area contributed by atoms with Gasteiger partial charge in [0, 0.05) is 6.54 Å². The molecule has 0 saturated carbocycles. The number of carbonyl (C=O) groups is 1. The van der Waals surface area contributed by atoms with Gasteiger partial charge >= 0.3 is 0 Å². The highest BCUT2D eigenvalue weighted by Crippen LogP contribution is 2.27. The fourth-order valence-corrected chi connectivity index (χ4v) is 4.39. The molecule has 1 amide bonds. The highest BCUT2D eigenvalue weighted by molar-refractivity contribution is 7.99. The minimum Gasteiger partial charge on any atom is -0.493 e. The number of methoxy groups -OCH3 is 2. The zero-order valence-electron chi connectivity index (χ0n) is 17.1. The molecule has 0 unspecified atom stereocenters. The number of thioether (sulfide) groups is 1. The van der Waals surface area contributed by atoms with Crippen LogP contribution in [0.15, 0.2) is 53.0 Å². The highest BCUT2D eigenvalue weighted by Gasteiger charge is 2.12. The molecule has 0 bridgehead atoms. The first kappa shape index (κ1) is 21.1. The number of benzene rings is 1. The second-order valence-corrected chi connectivity index (χ2v) is 8.42. The lowest BCUT2D eigenvalue weighted by atomic mass is 10.1. The Morgan fingerprint density at radius 2 is 2.00 bits per heavy atom. The van der Waals surface area contributed by atoms with Crippen molar-refractivity contribution < 1.29 is 14.3 Å². The third kappa shape index (κ3) is 4.97. The Hall–Kier alpha value is -3.11. The molecular formula is C21H21N5O3S2. The van der Waals surface area contributed by atoms with Crippen LogP contribution in [0.5, 0.6) is 11.5 Å². The summed E-state index contributed by atoms with van der Waals surface area (Å²) in [5.41, 5.74) is 2.56. The molecule has 31 heavy (non-hydrogen) atoms. The van der Waals surface area contributed by atoms with Gasteiger partial charge in [0.15, 0.2) is 17.1 Å². The Bertz CT molecular complexity index is 1180. The first-order valence-corrected chi connectivity index (χ1v) is 11.4. The van der Waals surface area contributed by atoms with Crippen LogP contribution in [-0.2, 0) is 11.2 Å². The monoisotopic (exact) mass is 455 g/mol. The van der Waals surface area contributed by atoms with E-state index in [4.69, 9.17) is 9.47 Å². The maximum atomic E-state index is 12.3. The van der Waals surface area contributed by atoms with Crippen LogP contribution in [0.1, 0.15) is 5.56 Å². The molecule has 0 aliphatic carbocycles. The van der Waals surface area contributed by atoms with Gasteiger partial charge in [-0.1, -0.05) is 23.9 Å². The largest absolute Gasteiger partial charge is 0.493 e. The van der Waals surface area contributed by atoms with Crippen molar-refractivity contribution in [1.29, 1.82) is 0 Å². The second kappa shape index (κ2) is 9.80. The van der Waals surface area contributed by atoms with Crippen LogP contribution in [0.3, 0.4) is 0 Å². The van der Waals surface area contributed by atoms with E-state index >= 15 is 0 Å². The standard InChI is InChI=1S/C21H21N5O3S2/c1-28-16-7-5-14(12-17(16)29-2)9-10-22-20(27)13-31-21-24-23-19-8-6-15(25-26(19)21)18-4-3-11-30-18/h3-8,11-12H,9-10,13H2,1-2H3,(H,22,27). The molecule has 0 saturated heterocycles. The van der Waals surface area contributed by atoms with Crippen molar-refractivity contribution >= 4 is 34.7 Å². The molecule has 160 valence electrons. The van der Waals surface area contributed by atoms with Gasteiger partial charge < -0.3 is 14.8 Å². The number of hydrogen-bond donors (Lipinski definition) is 1. The summed E-state index contributed by atoms with van der Waals surface area (Å²) >= 11 is 2.93. The predicted molar refractivity (Wildman–Crippen MR) is 121 cm³/mol. The Labute approximate surface area is 187 Å². The van der Waals surface area contributed by atoms with Crippen molar-refractivity contribution in [3.63, 3.8) is 0 Å². The summed E-state index contributed by atoms with van der Waals surface area (Å²) in [6.45, 7) is 0.524. The van der Waals surface area contributed by atoms with Crippen molar-refractivity contribution in [3.8, 4) is 22.1 Å². The number of thiophene rings is 1. The molecule has 4 aromatic rings. The molecule has 0 atom stereocenters. The van der Waals surface area contributed by atoms with Crippen LogP contribution in [0, 0.1) is 0 Å². The summed E-state index contributed by atoms with van der Waals surface area (Å²) in [5, 5.41) is 18.4. The molecular weight excluding hydrogens is 434 g/mol. The van der Waals surface area contributed by atoms with E-state index in [1.54, 1.807) is 30.1 Å². The van der Waals surface area contributed by atoms with Gasteiger partial charge in [0.25, 0.3) is 0 Å². The number of nitrogens with zero attached hydrogens (tertiary/aromatic N) is 4. The van der Waals surface area contributed by atoms with Crippen LogP contribution in [0.4, 0.5) is 0 Å². The molecule has 0 fully saturated rings. The molecule has 3 aromatic heterocycles. The molecule has 1 aromatic carbocycles. The fourth-order valence-electron chi connectivity index (χ4n) is 2.98. The predicted octanol–water partition coefficient (Wildman–Crippen LogP) is 3.32. The fraction of sp³-hybridized carbons (Fsp3) is 0.238. The van der Waals surface area contributed by atoms with Crippen LogP contribution >= 0.6 is 23.1 Å². The molecule has 0 aliphatic heterocycles. The SMILES string of the molecule is COc1ccc(CCNC(=O)CSc2nnc3ccc(-c4cccs4)nn23)cc1OC. The number of amides is 1. The van der Waals surface area contributed by atoms with Crippen molar-refractivity contribution in [3.05, 3.63) is 53.4 Å². The third-order valence-electron chi connectivity index (χ3n) is 4.52. The highest BCUT2D eigenvalue weighted by atomic mass is 32.2. The summed E-state index contributed by atoms with van der Waals surface area (Å²) in [7, 11) is 3.21. The van der Waals surface area contributed by atoms with E-state index in [2.05, 4.69) is 20.6 Å². The zero-order valence-corrected chi connectivity index (χ0v) is 18.7. The number of aromatic nitrogens is 4. The lowest BCUT2D eigenvalue weighted by Gasteiger charge is -2.10. The third-order valence-corrected chi connectivity index (χ3v) is 6.34. The number of fused-ring (bicyclic) bond motifs is 1. The average Bonchev–Trinajstić information content (AvgIpc) is 3.47. The Morgan fingerprint density at radius 1 is 1.13 bits per heavy atom. The Morgan fingerprint density at radius 3 is 2.77 bits per heavy atom. The van der Waals surface area contributed by atoms with Gasteiger partial charge in [-0.25, -0.2) is 0 Å². The van der Waals surface area contributed by atoms with Gasteiger partial charge in [-0.3, -0.25) is 4.79 Å². The van der Waals surface area contributed by atoms with E-state index < -0.39 is 0 Å². The van der Waals surface area contributed by atoms with Gasteiger partial charge in [0.1, 0.15) is 5.69 Å². The summed E-state index contributed by atoms with van der Waals surface area (Å²) in [5.74, 6) is 1.52. The summed E-state index contributed by atoms with van der Waals surface area (Å²) in [6, 6.07) is 13.5. The first-order valence-electron chi connectivity index (χ1n) is 9.54. The topological polar surface area (TPSA) is 90.6 Å². The van der Waals surface area contributed by atoms with Crippen molar-refractivity contribution in [1.82, 2.24) is 25.1 Å². The average molecular weight is 456 g/mol. The van der Waals surface area contributed by atoms with Crippen molar-refractivity contribution in [2.24, 2.45) is 0 Å². The minimum absolute atomic E-state index is 0.0726. The van der Waals surface area contributed by atoms with Gasteiger partial charge in [-0.05, 0) is 47.7 Å². The summed E-state index contributed by atoms with van der Waals surface area (Å²) < 4.78 is 12.2. The number of hydrogen-bond acceptors (Lipinski definition) is 8. The Kier molecular flexibility index (Phi) is 6.68. The molecule has 3 heterocycles. The molecule has 0 spiro atoms. The van der Waals surface area contributed by atoms with E-state index in [9.17, 15) is 4.79 Å². The van der Waals surface area contributed by atoms with Gasteiger partial charge in [0.05, 0.1) is 24.8 Å². The van der Waals surface area contributed by atoms with E-state index in [1.165, 1.54) is 11.8 Å². The van der Waals surface area contributed by atoms with E-state index in [1.807, 2.05) is 47.8 Å². The first-order chi connectivity index (χ1) is 15.2. The number of carbonyl (C=O) groups excluding carboxylic acids is 1. The molecule has 1 N–H and O–H groups in total. The quantitative estimate of drug-likeness (QED) is 0.387. The zero-order chi connectivity index (χ0) is 21.6. The molecule has 0 aliphatic rings. The lowest BCUT2D eigenvalue weighted by Crippen LogP contribution is -2.27. The molecule has 10 heteroatoms. The molecule has 4 rings (SSSR count). The second-order valence-electron chi connectivity index (χ2n) is 6.53. The lowest BCUT2D eigenvalue weighted by molar-refractivity contribution is -0.118. The summed E-state index contributed by atoms with van der Waals surface area (Å²) in [6.07, 6.45) is 0.691. The normalized spacial score (nSPS) is 10.9. The maximum absolute atomic E-state index is 12.3. The number of nitrogens with one attached hydrogen (secondary N) is 1. The van der Waals surface area contributed by atoms with E-state index in [-0.39, 0.29) is 11.7 Å². The number of rotatable bonds is 9. The molecule has 0 radical (unpaired) electrons. The summed E-state index contributed by atoms with van der Waals surface area (Å²) in [4.78, 5) is 13.4. The minimum atomic E-state index is -0.0726.